The van der Waals surface area contributed by atoms with Gasteiger partial charge in [0.25, 0.3) is 0 Å². The minimum Gasteiger partial charge on any atom is -0.324 e. The van der Waals surface area contributed by atoms with E-state index in [0.717, 1.165) is 60.9 Å². The highest BCUT2D eigenvalue weighted by atomic mass is 16.2. The van der Waals surface area contributed by atoms with E-state index in [4.69, 9.17) is 0 Å². The first kappa shape index (κ1) is 23.8. The first-order valence-electron chi connectivity index (χ1n) is 14.4. The monoisotopic (exact) mass is 534 g/mol. The van der Waals surface area contributed by atoms with Gasteiger partial charge in [0.2, 0.25) is 0 Å². The molecule has 0 bridgehead atoms. The molecule has 2 amide bonds. The molecule has 2 saturated carbocycles. The Morgan fingerprint density at radius 2 is 0.925 bits per heavy atom. The van der Waals surface area contributed by atoms with E-state index < -0.39 is 0 Å². The third kappa shape index (κ3) is 3.56. The van der Waals surface area contributed by atoms with Gasteiger partial charge < -0.3 is 9.80 Å². The van der Waals surface area contributed by atoms with Crippen molar-refractivity contribution in [2.75, 3.05) is 26.2 Å². The minimum absolute atomic E-state index is 0.198. The van der Waals surface area contributed by atoms with E-state index in [0.29, 0.717) is 35.5 Å². The van der Waals surface area contributed by atoms with Crippen molar-refractivity contribution in [1.29, 1.82) is 0 Å². The molecule has 6 atom stereocenters. The predicted octanol–water partition coefficient (Wildman–Crippen LogP) is 4.19. The number of aromatic nitrogens is 6. The molecule has 8 rings (SSSR count). The second-order valence-electron chi connectivity index (χ2n) is 12.4. The highest BCUT2D eigenvalue weighted by Gasteiger charge is 2.62. The lowest BCUT2D eigenvalue weighted by Gasteiger charge is -2.28. The summed E-state index contributed by atoms with van der Waals surface area (Å²) in [5.74, 6) is 6.54. The van der Waals surface area contributed by atoms with Crippen molar-refractivity contribution in [3.05, 3.63) is 83.0 Å². The van der Waals surface area contributed by atoms with E-state index in [1.807, 2.05) is 13.8 Å². The first-order chi connectivity index (χ1) is 19.4. The predicted molar refractivity (Wildman–Crippen MR) is 150 cm³/mol. The second kappa shape index (κ2) is 8.49. The van der Waals surface area contributed by atoms with Crippen LogP contribution in [-0.4, -0.2) is 71.5 Å². The van der Waals surface area contributed by atoms with Crippen molar-refractivity contribution >= 4 is 6.03 Å². The molecule has 2 aliphatic heterocycles. The number of hydrogen-bond donors (Lipinski definition) is 0. The number of likely N-dealkylation sites (tertiary alicyclic amines) is 2. The number of carbonyl (C=O) groups excluding carboxylic acids is 1. The van der Waals surface area contributed by atoms with E-state index in [2.05, 4.69) is 102 Å². The SMILES string of the molecule is Cc1ccc(-n2c(C)nnc2C2[C@H]3CN(C(=O)N4C[C@@H]5C(c6nnc(C)n6-c6ccc(C)cc6)[C@@H]5C4)C[C@@H]23)cc1. The van der Waals surface area contributed by atoms with E-state index in [-0.39, 0.29) is 6.03 Å². The largest absolute Gasteiger partial charge is 0.324 e. The number of hydrogen-bond acceptors (Lipinski definition) is 5. The van der Waals surface area contributed by atoms with Crippen LogP contribution in [0, 0.1) is 51.4 Å². The van der Waals surface area contributed by atoms with Crippen LogP contribution in [0.2, 0.25) is 0 Å². The zero-order chi connectivity index (χ0) is 27.3. The summed E-state index contributed by atoms with van der Waals surface area (Å²) in [6.45, 7) is 11.5. The third-order valence-corrected chi connectivity index (χ3v) is 9.81. The Labute approximate surface area is 233 Å². The quantitative estimate of drug-likeness (QED) is 0.392. The summed E-state index contributed by atoms with van der Waals surface area (Å²) in [6.07, 6.45) is 0. The summed E-state index contributed by atoms with van der Waals surface area (Å²) in [7, 11) is 0. The van der Waals surface area contributed by atoms with E-state index in [1.165, 1.54) is 11.1 Å². The highest BCUT2D eigenvalue weighted by molar-refractivity contribution is 5.76. The molecule has 204 valence electrons. The molecular formula is C31H34N8O. The summed E-state index contributed by atoms with van der Waals surface area (Å²) in [5, 5.41) is 18.0. The lowest BCUT2D eigenvalue weighted by atomic mass is 10.2. The Bertz CT molecular complexity index is 1480. The van der Waals surface area contributed by atoms with Gasteiger partial charge >= 0.3 is 6.03 Å². The molecule has 0 radical (unpaired) electrons. The molecule has 4 aliphatic rings. The molecule has 2 aromatic heterocycles. The zero-order valence-corrected chi connectivity index (χ0v) is 23.4. The molecule has 4 aromatic rings. The molecule has 4 fully saturated rings. The van der Waals surface area contributed by atoms with Crippen LogP contribution in [0.5, 0.6) is 0 Å². The molecule has 40 heavy (non-hydrogen) atoms. The van der Waals surface area contributed by atoms with Crippen LogP contribution in [0.25, 0.3) is 11.4 Å². The van der Waals surface area contributed by atoms with Gasteiger partial charge in [-0.1, -0.05) is 35.4 Å². The number of piperidine rings is 2. The van der Waals surface area contributed by atoms with Gasteiger partial charge in [-0.15, -0.1) is 20.4 Å². The molecule has 0 N–H and O–H groups in total. The smallest absolute Gasteiger partial charge is 0.320 e. The number of fused-ring (bicyclic) bond motifs is 2. The van der Waals surface area contributed by atoms with Gasteiger partial charge in [0, 0.05) is 49.4 Å². The van der Waals surface area contributed by atoms with Crippen molar-refractivity contribution in [2.24, 2.45) is 23.7 Å². The maximum atomic E-state index is 13.5. The number of aryl methyl sites for hydroxylation is 4. The van der Waals surface area contributed by atoms with E-state index in [9.17, 15) is 4.79 Å². The van der Waals surface area contributed by atoms with Crippen molar-refractivity contribution in [1.82, 2.24) is 39.3 Å². The normalized spacial score (nSPS) is 28.1. The van der Waals surface area contributed by atoms with Gasteiger partial charge in [0.05, 0.1) is 0 Å². The molecule has 2 unspecified atom stereocenters. The topological polar surface area (TPSA) is 85.0 Å². The van der Waals surface area contributed by atoms with Crippen LogP contribution in [0.15, 0.2) is 48.5 Å². The molecule has 0 spiro atoms. The number of rotatable bonds is 4. The molecule has 2 saturated heterocycles. The maximum absolute atomic E-state index is 13.5. The standard InChI is InChI=1S/C31H34N8O/c1-17-5-9-21(10-6-17)38-19(3)32-34-29(38)27-23-13-36(14-24(23)27)31(40)37-15-25-26(16-37)28(25)30-35-33-20(4)39(30)22-11-7-18(2)8-12-22/h5-12,23-28H,13-16H2,1-4H3/t23-,24+,25-,26+,27?,28?. The average molecular weight is 535 g/mol. The van der Waals surface area contributed by atoms with Crippen LogP contribution < -0.4 is 0 Å². The Morgan fingerprint density at radius 1 is 0.575 bits per heavy atom. The first-order valence-corrected chi connectivity index (χ1v) is 14.4. The van der Waals surface area contributed by atoms with Gasteiger partial charge in [-0.05, 0) is 75.6 Å². The molecule has 9 nitrogen and oxygen atoms in total. The molecule has 2 aliphatic carbocycles. The van der Waals surface area contributed by atoms with Crippen LogP contribution in [0.3, 0.4) is 0 Å². The molecular weight excluding hydrogens is 500 g/mol. The molecule has 2 aromatic carbocycles. The minimum atomic E-state index is 0.198. The molecule has 9 heteroatoms. The lowest BCUT2D eigenvalue weighted by Crippen LogP contribution is -2.43. The fourth-order valence-corrected chi connectivity index (χ4v) is 7.55. The fraction of sp³-hybridized carbons (Fsp3) is 0.452. The summed E-state index contributed by atoms with van der Waals surface area (Å²) >= 11 is 0. The van der Waals surface area contributed by atoms with Crippen molar-refractivity contribution in [3.8, 4) is 11.4 Å². The van der Waals surface area contributed by atoms with Crippen molar-refractivity contribution in [3.63, 3.8) is 0 Å². The van der Waals surface area contributed by atoms with Crippen LogP contribution in [0.1, 0.15) is 46.3 Å². The zero-order valence-electron chi connectivity index (χ0n) is 23.4. The fourth-order valence-electron chi connectivity index (χ4n) is 7.55. The summed E-state index contributed by atoms with van der Waals surface area (Å²) < 4.78 is 4.39. The highest BCUT2D eigenvalue weighted by Crippen LogP contribution is 2.60. The van der Waals surface area contributed by atoms with Crippen LogP contribution in [0.4, 0.5) is 4.79 Å². The number of nitrogens with zero attached hydrogens (tertiary/aromatic N) is 8. The average Bonchev–Trinajstić information content (AvgIpc) is 3.42. The van der Waals surface area contributed by atoms with Crippen molar-refractivity contribution in [2.45, 2.75) is 39.5 Å². The summed E-state index contributed by atoms with van der Waals surface area (Å²) in [6, 6.07) is 17.3. The van der Waals surface area contributed by atoms with Gasteiger partial charge in [-0.25, -0.2) is 4.79 Å². The van der Waals surface area contributed by atoms with Crippen molar-refractivity contribution < 1.29 is 4.79 Å². The van der Waals surface area contributed by atoms with Crippen LogP contribution in [-0.2, 0) is 0 Å². The lowest BCUT2D eigenvalue weighted by molar-refractivity contribution is 0.161. The Kier molecular flexibility index (Phi) is 5.06. The third-order valence-electron chi connectivity index (χ3n) is 9.81. The van der Waals surface area contributed by atoms with Gasteiger partial charge in [0.15, 0.2) is 0 Å². The van der Waals surface area contributed by atoms with Gasteiger partial charge in [0.1, 0.15) is 23.3 Å². The molecule has 4 heterocycles. The Hall–Kier alpha value is -4.01. The Morgan fingerprint density at radius 3 is 1.27 bits per heavy atom. The van der Waals surface area contributed by atoms with Crippen LogP contribution >= 0.6 is 0 Å². The number of benzene rings is 2. The maximum Gasteiger partial charge on any atom is 0.320 e. The number of carbonyl (C=O) groups is 1. The van der Waals surface area contributed by atoms with E-state index in [1.54, 1.807) is 0 Å². The second-order valence-corrected chi connectivity index (χ2v) is 12.4. The van der Waals surface area contributed by atoms with Gasteiger partial charge in [-0.2, -0.15) is 0 Å². The summed E-state index contributed by atoms with van der Waals surface area (Å²) in [4.78, 5) is 17.6. The number of urea groups is 1. The van der Waals surface area contributed by atoms with E-state index >= 15 is 0 Å². The number of amides is 2. The Balaban J connectivity index is 0.917. The summed E-state index contributed by atoms with van der Waals surface area (Å²) in [5.41, 5.74) is 4.70. The van der Waals surface area contributed by atoms with Gasteiger partial charge in [-0.3, -0.25) is 9.13 Å².